The molecule has 2 rings (SSSR count). The number of fused-ring (bicyclic) bond motifs is 1. The van der Waals surface area contributed by atoms with Crippen LogP contribution in [0.2, 0.25) is 0 Å². The molecule has 0 aromatic rings. The number of amides is 1. The molecule has 0 bridgehead atoms. The Morgan fingerprint density at radius 1 is 1.22 bits per heavy atom. The van der Waals surface area contributed by atoms with Crippen molar-refractivity contribution in [1.29, 1.82) is 0 Å². The predicted octanol–water partition coefficient (Wildman–Crippen LogP) is 2.43. The highest BCUT2D eigenvalue weighted by Crippen LogP contribution is 2.56. The lowest BCUT2D eigenvalue weighted by Gasteiger charge is -2.30. The zero-order valence-corrected chi connectivity index (χ0v) is 11.8. The number of aliphatic hydroxyl groups is 1. The van der Waals surface area contributed by atoms with Crippen LogP contribution in [0.15, 0.2) is 0 Å². The normalized spacial score (nSPS) is 30.1. The highest BCUT2D eigenvalue weighted by molar-refractivity contribution is 5.82. The summed E-state index contributed by atoms with van der Waals surface area (Å²) in [5.74, 6) is 1.96. The van der Waals surface area contributed by atoms with Gasteiger partial charge in [0.2, 0.25) is 5.91 Å². The van der Waals surface area contributed by atoms with Gasteiger partial charge in [-0.1, -0.05) is 26.7 Å². The monoisotopic (exact) mass is 253 g/mol. The lowest BCUT2D eigenvalue weighted by atomic mass is 10.0. The molecule has 2 unspecified atom stereocenters. The van der Waals surface area contributed by atoms with Crippen LogP contribution in [-0.4, -0.2) is 35.1 Å². The molecule has 0 saturated heterocycles. The second-order valence-electron chi connectivity index (χ2n) is 5.86. The third kappa shape index (κ3) is 2.56. The maximum Gasteiger partial charge on any atom is 0.226 e. The van der Waals surface area contributed by atoms with E-state index < -0.39 is 0 Å². The standard InChI is InChI=1S/C15H27NO2/c1-3-11(4-2)16(9-10-17)15(18)14-12-7-5-6-8-13(12)14/h11-14,17H,3-10H2,1-2H3. The summed E-state index contributed by atoms with van der Waals surface area (Å²) in [4.78, 5) is 14.6. The molecule has 0 spiro atoms. The topological polar surface area (TPSA) is 40.5 Å². The Labute approximate surface area is 111 Å². The molecule has 0 heterocycles. The van der Waals surface area contributed by atoms with Gasteiger partial charge in [-0.2, -0.15) is 0 Å². The molecule has 104 valence electrons. The number of carbonyl (C=O) groups is 1. The largest absolute Gasteiger partial charge is 0.395 e. The summed E-state index contributed by atoms with van der Waals surface area (Å²) in [5.41, 5.74) is 0. The van der Waals surface area contributed by atoms with E-state index in [9.17, 15) is 9.90 Å². The maximum absolute atomic E-state index is 12.6. The number of carbonyl (C=O) groups excluding carboxylic acids is 1. The van der Waals surface area contributed by atoms with E-state index >= 15 is 0 Å². The van der Waals surface area contributed by atoms with Crippen LogP contribution in [0.1, 0.15) is 52.4 Å². The van der Waals surface area contributed by atoms with Gasteiger partial charge in [0.15, 0.2) is 0 Å². The van der Waals surface area contributed by atoms with E-state index in [1.165, 1.54) is 25.7 Å². The van der Waals surface area contributed by atoms with Gasteiger partial charge in [0.1, 0.15) is 0 Å². The van der Waals surface area contributed by atoms with Crippen molar-refractivity contribution in [2.24, 2.45) is 17.8 Å². The number of rotatable bonds is 6. The van der Waals surface area contributed by atoms with Gasteiger partial charge in [-0.3, -0.25) is 4.79 Å². The third-order valence-corrected chi connectivity index (χ3v) is 4.95. The minimum atomic E-state index is 0.0876. The molecule has 2 fully saturated rings. The number of hydrogen-bond acceptors (Lipinski definition) is 2. The molecule has 2 aliphatic rings. The van der Waals surface area contributed by atoms with E-state index in [0.29, 0.717) is 36.2 Å². The summed E-state index contributed by atoms with van der Waals surface area (Å²) in [7, 11) is 0. The fourth-order valence-electron chi connectivity index (χ4n) is 3.86. The van der Waals surface area contributed by atoms with Gasteiger partial charge in [0, 0.05) is 18.5 Å². The van der Waals surface area contributed by atoms with E-state index in [1.807, 2.05) is 4.90 Å². The molecule has 0 radical (unpaired) electrons. The predicted molar refractivity (Wildman–Crippen MR) is 72.1 cm³/mol. The zero-order valence-electron chi connectivity index (χ0n) is 11.8. The van der Waals surface area contributed by atoms with Gasteiger partial charge in [0.25, 0.3) is 0 Å². The number of nitrogens with zero attached hydrogens (tertiary/aromatic N) is 1. The van der Waals surface area contributed by atoms with Crippen LogP contribution >= 0.6 is 0 Å². The Morgan fingerprint density at radius 3 is 2.22 bits per heavy atom. The van der Waals surface area contributed by atoms with Gasteiger partial charge in [-0.25, -0.2) is 0 Å². The summed E-state index contributed by atoms with van der Waals surface area (Å²) < 4.78 is 0. The Kier molecular flexibility index (Phi) is 4.66. The number of hydrogen-bond donors (Lipinski definition) is 1. The maximum atomic E-state index is 12.6. The third-order valence-electron chi connectivity index (χ3n) is 4.95. The van der Waals surface area contributed by atoms with Crippen molar-refractivity contribution in [2.75, 3.05) is 13.2 Å². The second kappa shape index (κ2) is 6.05. The van der Waals surface area contributed by atoms with Crippen LogP contribution in [0.25, 0.3) is 0 Å². The highest BCUT2D eigenvalue weighted by atomic mass is 16.3. The molecular formula is C15H27NO2. The molecule has 0 aromatic heterocycles. The van der Waals surface area contributed by atoms with Gasteiger partial charge in [0.05, 0.1) is 6.61 Å². The fraction of sp³-hybridized carbons (Fsp3) is 0.933. The average molecular weight is 253 g/mol. The van der Waals surface area contributed by atoms with Gasteiger partial charge >= 0.3 is 0 Å². The van der Waals surface area contributed by atoms with Crippen molar-refractivity contribution in [3.8, 4) is 0 Å². The fourth-order valence-corrected chi connectivity index (χ4v) is 3.86. The van der Waals surface area contributed by atoms with Gasteiger partial charge in [-0.15, -0.1) is 0 Å². The quantitative estimate of drug-likeness (QED) is 0.790. The molecule has 2 aliphatic carbocycles. The van der Waals surface area contributed by atoms with E-state index in [2.05, 4.69) is 13.8 Å². The summed E-state index contributed by atoms with van der Waals surface area (Å²) in [5, 5.41) is 9.19. The van der Waals surface area contributed by atoms with Crippen LogP contribution in [-0.2, 0) is 4.79 Å². The van der Waals surface area contributed by atoms with Crippen molar-refractivity contribution in [2.45, 2.75) is 58.4 Å². The van der Waals surface area contributed by atoms with Crippen molar-refractivity contribution < 1.29 is 9.90 Å². The van der Waals surface area contributed by atoms with E-state index in [0.717, 1.165) is 12.8 Å². The Bertz CT molecular complexity index is 276. The molecule has 1 N–H and O–H groups in total. The first kappa shape index (κ1) is 13.9. The van der Waals surface area contributed by atoms with Gasteiger partial charge < -0.3 is 10.0 Å². The molecule has 18 heavy (non-hydrogen) atoms. The van der Waals surface area contributed by atoms with Crippen LogP contribution in [0, 0.1) is 17.8 Å². The van der Waals surface area contributed by atoms with Crippen LogP contribution in [0.3, 0.4) is 0 Å². The van der Waals surface area contributed by atoms with Crippen LogP contribution in [0.4, 0.5) is 0 Å². The molecular weight excluding hydrogens is 226 g/mol. The summed E-state index contributed by atoms with van der Waals surface area (Å²) >= 11 is 0. The molecule has 2 atom stereocenters. The van der Waals surface area contributed by atoms with E-state index in [1.54, 1.807) is 0 Å². The van der Waals surface area contributed by atoms with E-state index in [-0.39, 0.29) is 6.61 Å². The lowest BCUT2D eigenvalue weighted by molar-refractivity contribution is -0.136. The highest BCUT2D eigenvalue weighted by Gasteiger charge is 2.56. The second-order valence-corrected chi connectivity index (χ2v) is 5.86. The van der Waals surface area contributed by atoms with Crippen molar-refractivity contribution >= 4 is 5.91 Å². The zero-order chi connectivity index (χ0) is 13.1. The molecule has 0 aromatic carbocycles. The first-order valence-corrected chi connectivity index (χ1v) is 7.65. The first-order valence-electron chi connectivity index (χ1n) is 7.65. The van der Waals surface area contributed by atoms with E-state index in [4.69, 9.17) is 0 Å². The Morgan fingerprint density at radius 2 is 1.78 bits per heavy atom. The average Bonchev–Trinajstić information content (AvgIpc) is 3.12. The smallest absolute Gasteiger partial charge is 0.226 e. The first-order chi connectivity index (χ1) is 8.74. The minimum absolute atomic E-state index is 0.0876. The number of aliphatic hydroxyl groups excluding tert-OH is 1. The van der Waals surface area contributed by atoms with Crippen LogP contribution < -0.4 is 0 Å². The van der Waals surface area contributed by atoms with Crippen molar-refractivity contribution in [3.05, 3.63) is 0 Å². The summed E-state index contributed by atoms with van der Waals surface area (Å²) in [6.45, 7) is 4.86. The Hall–Kier alpha value is -0.570. The molecule has 1 amide bonds. The molecule has 3 heteroatoms. The van der Waals surface area contributed by atoms with Crippen LogP contribution in [0.5, 0.6) is 0 Å². The molecule has 2 saturated carbocycles. The molecule has 0 aliphatic heterocycles. The van der Waals surface area contributed by atoms with Gasteiger partial charge in [-0.05, 0) is 37.5 Å². The van der Waals surface area contributed by atoms with Crippen molar-refractivity contribution in [3.63, 3.8) is 0 Å². The van der Waals surface area contributed by atoms with Crippen molar-refractivity contribution in [1.82, 2.24) is 4.90 Å². The lowest BCUT2D eigenvalue weighted by Crippen LogP contribution is -2.43. The Balaban J connectivity index is 2.00. The minimum Gasteiger partial charge on any atom is -0.395 e. The summed E-state index contributed by atoms with van der Waals surface area (Å²) in [6.07, 6.45) is 7.08. The SMILES string of the molecule is CCC(CC)N(CCO)C(=O)C1C2CCCCC21. The molecule has 3 nitrogen and oxygen atoms in total. The summed E-state index contributed by atoms with van der Waals surface area (Å²) in [6, 6.07) is 0.312.